The Bertz CT molecular complexity index is 278. The predicted molar refractivity (Wildman–Crippen MR) is 50.1 cm³/mol. The van der Waals surface area contributed by atoms with Crippen LogP contribution in [0.15, 0.2) is 23.1 Å². The lowest BCUT2D eigenvalue weighted by molar-refractivity contribution is 0.277. The molecule has 0 aromatic heterocycles. The highest BCUT2D eigenvalue weighted by atomic mass is 32.2. The fourth-order valence-corrected chi connectivity index (χ4v) is 1.81. The van der Waals surface area contributed by atoms with Crippen molar-refractivity contribution in [1.29, 1.82) is 0 Å². The van der Waals surface area contributed by atoms with Crippen molar-refractivity contribution in [2.75, 3.05) is 12.4 Å². The van der Waals surface area contributed by atoms with Crippen molar-refractivity contribution in [3.8, 4) is 0 Å². The first-order chi connectivity index (χ1) is 6.29. The Labute approximate surface area is 80.4 Å². The molecule has 1 aromatic carbocycles. The van der Waals surface area contributed by atoms with Gasteiger partial charge in [0.1, 0.15) is 5.82 Å². The molecule has 0 aliphatic heterocycles. The molecule has 0 atom stereocenters. The van der Waals surface area contributed by atoms with Crippen LogP contribution >= 0.6 is 11.8 Å². The van der Waals surface area contributed by atoms with Crippen LogP contribution in [-0.2, 0) is 6.61 Å². The standard InChI is InChI=1S/C9H11FO2S/c10-8-3-1-2-7(6-12)9(8)13-5-4-11/h1-3,11-12H,4-6H2. The fourth-order valence-electron chi connectivity index (χ4n) is 0.987. The van der Waals surface area contributed by atoms with Crippen molar-refractivity contribution >= 4 is 11.8 Å². The van der Waals surface area contributed by atoms with E-state index in [2.05, 4.69) is 0 Å². The Balaban J connectivity index is 2.87. The van der Waals surface area contributed by atoms with Crippen LogP contribution in [0.4, 0.5) is 4.39 Å². The molecular weight excluding hydrogens is 191 g/mol. The maximum atomic E-state index is 13.1. The number of benzene rings is 1. The summed E-state index contributed by atoms with van der Waals surface area (Å²) in [6, 6.07) is 4.57. The Morgan fingerprint density at radius 3 is 2.69 bits per heavy atom. The highest BCUT2D eigenvalue weighted by Gasteiger charge is 2.07. The van der Waals surface area contributed by atoms with E-state index in [9.17, 15) is 4.39 Å². The molecule has 0 aliphatic rings. The van der Waals surface area contributed by atoms with Crippen LogP contribution in [0, 0.1) is 5.82 Å². The first kappa shape index (κ1) is 10.5. The van der Waals surface area contributed by atoms with Crippen molar-refractivity contribution in [3.63, 3.8) is 0 Å². The molecule has 0 bridgehead atoms. The number of aliphatic hydroxyl groups is 2. The Morgan fingerprint density at radius 1 is 1.31 bits per heavy atom. The Hall–Kier alpha value is -0.580. The van der Waals surface area contributed by atoms with E-state index in [1.165, 1.54) is 17.8 Å². The lowest BCUT2D eigenvalue weighted by Crippen LogP contribution is -1.94. The summed E-state index contributed by atoms with van der Waals surface area (Å²) in [4.78, 5) is 0.430. The summed E-state index contributed by atoms with van der Waals surface area (Å²) in [6.07, 6.45) is 0. The smallest absolute Gasteiger partial charge is 0.137 e. The Morgan fingerprint density at radius 2 is 2.08 bits per heavy atom. The topological polar surface area (TPSA) is 40.5 Å². The largest absolute Gasteiger partial charge is 0.396 e. The van der Waals surface area contributed by atoms with Gasteiger partial charge < -0.3 is 10.2 Å². The molecule has 4 heteroatoms. The fraction of sp³-hybridized carbons (Fsp3) is 0.333. The number of thioether (sulfide) groups is 1. The molecular formula is C9H11FO2S. The average Bonchev–Trinajstić information content (AvgIpc) is 2.15. The first-order valence-electron chi connectivity index (χ1n) is 3.91. The van der Waals surface area contributed by atoms with Gasteiger partial charge in [-0.2, -0.15) is 0 Å². The van der Waals surface area contributed by atoms with E-state index in [-0.39, 0.29) is 19.0 Å². The van der Waals surface area contributed by atoms with Gasteiger partial charge in [0.25, 0.3) is 0 Å². The van der Waals surface area contributed by atoms with Crippen LogP contribution in [0.5, 0.6) is 0 Å². The van der Waals surface area contributed by atoms with E-state index in [1.54, 1.807) is 12.1 Å². The van der Waals surface area contributed by atoms with Crippen LogP contribution in [0.25, 0.3) is 0 Å². The van der Waals surface area contributed by atoms with Crippen LogP contribution < -0.4 is 0 Å². The summed E-state index contributed by atoms with van der Waals surface area (Å²) in [5.74, 6) is 0.0958. The van der Waals surface area contributed by atoms with Gasteiger partial charge >= 0.3 is 0 Å². The molecule has 0 spiro atoms. The minimum Gasteiger partial charge on any atom is -0.396 e. The highest BCUT2D eigenvalue weighted by molar-refractivity contribution is 7.99. The summed E-state index contributed by atoms with van der Waals surface area (Å²) in [5, 5.41) is 17.5. The third-order valence-electron chi connectivity index (χ3n) is 1.56. The molecule has 0 fully saturated rings. The van der Waals surface area contributed by atoms with Gasteiger partial charge in [-0.15, -0.1) is 11.8 Å². The van der Waals surface area contributed by atoms with E-state index in [4.69, 9.17) is 10.2 Å². The van der Waals surface area contributed by atoms with Gasteiger partial charge in [0.2, 0.25) is 0 Å². The van der Waals surface area contributed by atoms with Crippen LogP contribution in [0.3, 0.4) is 0 Å². The zero-order chi connectivity index (χ0) is 9.68. The van der Waals surface area contributed by atoms with Gasteiger partial charge in [0.15, 0.2) is 0 Å². The zero-order valence-corrected chi connectivity index (χ0v) is 7.85. The second-order valence-electron chi connectivity index (χ2n) is 2.46. The van der Waals surface area contributed by atoms with Crippen molar-refractivity contribution in [2.24, 2.45) is 0 Å². The van der Waals surface area contributed by atoms with E-state index < -0.39 is 0 Å². The molecule has 0 unspecified atom stereocenters. The molecule has 72 valence electrons. The van der Waals surface area contributed by atoms with Crippen LogP contribution in [0.2, 0.25) is 0 Å². The summed E-state index contributed by atoms with van der Waals surface area (Å²) >= 11 is 1.21. The monoisotopic (exact) mass is 202 g/mol. The van der Waals surface area contributed by atoms with Gasteiger partial charge in [0.05, 0.1) is 13.2 Å². The third-order valence-corrected chi connectivity index (χ3v) is 2.69. The molecule has 13 heavy (non-hydrogen) atoms. The molecule has 2 N–H and O–H groups in total. The number of halogens is 1. The maximum absolute atomic E-state index is 13.1. The summed E-state index contributed by atoms with van der Waals surface area (Å²) < 4.78 is 13.1. The summed E-state index contributed by atoms with van der Waals surface area (Å²) in [5.41, 5.74) is 0.568. The van der Waals surface area contributed by atoms with Crippen LogP contribution in [-0.4, -0.2) is 22.6 Å². The number of aliphatic hydroxyl groups excluding tert-OH is 2. The minimum absolute atomic E-state index is 0.00384. The van der Waals surface area contributed by atoms with Gasteiger partial charge in [-0.05, 0) is 11.6 Å². The highest BCUT2D eigenvalue weighted by Crippen LogP contribution is 2.25. The van der Waals surface area contributed by atoms with Crippen molar-refractivity contribution < 1.29 is 14.6 Å². The molecule has 0 saturated carbocycles. The molecule has 0 saturated heterocycles. The maximum Gasteiger partial charge on any atom is 0.137 e. The first-order valence-corrected chi connectivity index (χ1v) is 4.90. The van der Waals surface area contributed by atoms with E-state index >= 15 is 0 Å². The summed E-state index contributed by atoms with van der Waals surface area (Å²) in [6.45, 7) is -0.171. The average molecular weight is 202 g/mol. The molecule has 2 nitrogen and oxygen atoms in total. The van der Waals surface area contributed by atoms with Crippen molar-refractivity contribution in [3.05, 3.63) is 29.6 Å². The molecule has 1 aromatic rings. The van der Waals surface area contributed by atoms with Gasteiger partial charge in [-0.3, -0.25) is 0 Å². The minimum atomic E-state index is -0.343. The quantitative estimate of drug-likeness (QED) is 0.725. The summed E-state index contributed by atoms with van der Waals surface area (Å²) in [7, 11) is 0. The molecule has 0 heterocycles. The number of hydrogen-bond donors (Lipinski definition) is 2. The Kier molecular flexibility index (Phi) is 4.21. The second-order valence-corrected chi connectivity index (χ2v) is 3.56. The van der Waals surface area contributed by atoms with E-state index in [1.807, 2.05) is 0 Å². The van der Waals surface area contributed by atoms with Gasteiger partial charge in [0, 0.05) is 10.6 Å². The normalized spacial score (nSPS) is 10.4. The van der Waals surface area contributed by atoms with Crippen molar-refractivity contribution in [1.82, 2.24) is 0 Å². The molecule has 0 aliphatic carbocycles. The lowest BCUT2D eigenvalue weighted by Gasteiger charge is -2.06. The van der Waals surface area contributed by atoms with Gasteiger partial charge in [-0.1, -0.05) is 12.1 Å². The number of hydrogen-bond acceptors (Lipinski definition) is 3. The predicted octanol–water partition coefficient (Wildman–Crippen LogP) is 1.40. The molecule has 1 rings (SSSR count). The molecule has 0 amide bonds. The lowest BCUT2D eigenvalue weighted by atomic mass is 10.2. The SMILES string of the molecule is OCCSc1c(F)cccc1CO. The second kappa shape index (κ2) is 5.21. The van der Waals surface area contributed by atoms with E-state index in [0.717, 1.165) is 0 Å². The zero-order valence-electron chi connectivity index (χ0n) is 7.03. The van der Waals surface area contributed by atoms with Crippen LogP contribution in [0.1, 0.15) is 5.56 Å². The van der Waals surface area contributed by atoms with E-state index in [0.29, 0.717) is 16.2 Å². The number of rotatable bonds is 4. The van der Waals surface area contributed by atoms with Crippen molar-refractivity contribution in [2.45, 2.75) is 11.5 Å². The molecule has 0 radical (unpaired) electrons. The third kappa shape index (κ3) is 2.69. The van der Waals surface area contributed by atoms with Gasteiger partial charge in [-0.25, -0.2) is 4.39 Å².